The third-order valence-corrected chi connectivity index (χ3v) is 4.33. The van der Waals surface area contributed by atoms with Gasteiger partial charge in [-0.25, -0.2) is 4.98 Å². The zero-order valence-corrected chi connectivity index (χ0v) is 13.1. The lowest BCUT2D eigenvalue weighted by Gasteiger charge is -2.22. The zero-order chi connectivity index (χ0) is 14.7. The zero-order valence-electron chi connectivity index (χ0n) is 12.2. The molecule has 0 fully saturated rings. The minimum absolute atomic E-state index is 0.724. The number of hydrogen-bond donors (Lipinski definition) is 0. The number of rotatable bonds is 5. The van der Waals surface area contributed by atoms with Crippen LogP contribution in [0.1, 0.15) is 18.4 Å². The minimum atomic E-state index is 0.724. The van der Waals surface area contributed by atoms with Crippen LogP contribution in [0.5, 0.6) is 0 Å². The molecule has 0 aliphatic carbocycles. The van der Waals surface area contributed by atoms with E-state index >= 15 is 0 Å². The molecule has 0 amide bonds. The summed E-state index contributed by atoms with van der Waals surface area (Å²) >= 11 is 1.65. The molecule has 0 aliphatic rings. The normalized spacial score (nSPS) is 10.8. The summed E-state index contributed by atoms with van der Waals surface area (Å²) in [6, 6.07) is 14.5. The van der Waals surface area contributed by atoms with Gasteiger partial charge in [-0.2, -0.15) is 0 Å². The molecule has 0 N–H and O–H groups in total. The summed E-state index contributed by atoms with van der Waals surface area (Å²) in [4.78, 5) is 8.04. The van der Waals surface area contributed by atoms with Crippen molar-refractivity contribution in [1.82, 2.24) is 4.98 Å². The molecule has 3 aromatic rings. The Morgan fingerprint density at radius 2 is 1.95 bits per heavy atom. The van der Waals surface area contributed by atoms with Crippen molar-refractivity contribution in [3.8, 4) is 10.8 Å². The van der Waals surface area contributed by atoms with Gasteiger partial charge in [0.05, 0.1) is 11.4 Å². The third-order valence-electron chi connectivity index (χ3n) is 3.47. The molecule has 108 valence electrons. The van der Waals surface area contributed by atoms with Crippen LogP contribution in [-0.2, 0) is 6.54 Å². The summed E-state index contributed by atoms with van der Waals surface area (Å²) in [6.45, 7) is 5.84. The van der Waals surface area contributed by atoms with E-state index in [1.54, 1.807) is 11.3 Å². The Kier molecular flexibility index (Phi) is 4.06. The van der Waals surface area contributed by atoms with E-state index < -0.39 is 0 Å². The van der Waals surface area contributed by atoms with Gasteiger partial charge >= 0.3 is 0 Å². The summed E-state index contributed by atoms with van der Waals surface area (Å²) in [5, 5.41) is 2.04. The molecule has 3 rings (SSSR count). The lowest BCUT2D eigenvalue weighted by Crippen LogP contribution is -2.22. The first kappa shape index (κ1) is 13.9. The SMILES string of the molecule is CCN(Cc1nc(-c2cccs2)oc1C)c1ccccc1. The van der Waals surface area contributed by atoms with Gasteiger partial charge in [0, 0.05) is 12.2 Å². The molecule has 0 aliphatic heterocycles. The number of thiophene rings is 1. The van der Waals surface area contributed by atoms with Crippen LogP contribution in [0.4, 0.5) is 5.69 Å². The van der Waals surface area contributed by atoms with Gasteiger partial charge in [-0.3, -0.25) is 0 Å². The molecule has 1 aromatic carbocycles. The maximum Gasteiger partial charge on any atom is 0.236 e. The van der Waals surface area contributed by atoms with E-state index in [2.05, 4.69) is 41.1 Å². The topological polar surface area (TPSA) is 29.3 Å². The Labute approximate surface area is 128 Å². The number of aromatic nitrogens is 1. The Hall–Kier alpha value is -2.07. The van der Waals surface area contributed by atoms with Gasteiger partial charge in [0.2, 0.25) is 5.89 Å². The molecular formula is C17H18N2OS. The molecule has 0 spiro atoms. The van der Waals surface area contributed by atoms with E-state index in [0.717, 1.165) is 35.3 Å². The summed E-state index contributed by atoms with van der Waals surface area (Å²) in [5.41, 5.74) is 2.21. The smallest absolute Gasteiger partial charge is 0.236 e. The second kappa shape index (κ2) is 6.14. The lowest BCUT2D eigenvalue weighted by molar-refractivity contribution is 0.540. The largest absolute Gasteiger partial charge is 0.440 e. The quantitative estimate of drug-likeness (QED) is 0.681. The number of hydrogen-bond acceptors (Lipinski definition) is 4. The summed E-state index contributed by atoms with van der Waals surface area (Å²) < 4.78 is 5.81. The second-order valence-electron chi connectivity index (χ2n) is 4.85. The van der Waals surface area contributed by atoms with Crippen molar-refractivity contribution in [1.29, 1.82) is 0 Å². The van der Waals surface area contributed by atoms with E-state index in [4.69, 9.17) is 4.42 Å². The van der Waals surface area contributed by atoms with Crippen molar-refractivity contribution in [3.63, 3.8) is 0 Å². The van der Waals surface area contributed by atoms with E-state index in [-0.39, 0.29) is 0 Å². The number of anilines is 1. The van der Waals surface area contributed by atoms with E-state index in [1.807, 2.05) is 30.5 Å². The average Bonchev–Trinajstić information content (AvgIpc) is 3.15. The average molecular weight is 298 g/mol. The van der Waals surface area contributed by atoms with Crippen molar-refractivity contribution in [2.24, 2.45) is 0 Å². The Balaban J connectivity index is 1.84. The Morgan fingerprint density at radius 3 is 2.62 bits per heavy atom. The lowest BCUT2D eigenvalue weighted by atomic mass is 10.2. The molecule has 3 nitrogen and oxygen atoms in total. The van der Waals surface area contributed by atoms with Gasteiger partial charge in [0.25, 0.3) is 0 Å². The van der Waals surface area contributed by atoms with Gasteiger partial charge in [-0.05, 0) is 37.4 Å². The summed E-state index contributed by atoms with van der Waals surface area (Å²) in [6.07, 6.45) is 0. The van der Waals surface area contributed by atoms with Crippen LogP contribution in [0.25, 0.3) is 10.8 Å². The molecule has 2 heterocycles. The third kappa shape index (κ3) is 3.00. The Morgan fingerprint density at radius 1 is 1.14 bits per heavy atom. The van der Waals surface area contributed by atoms with Gasteiger partial charge in [-0.15, -0.1) is 11.3 Å². The van der Waals surface area contributed by atoms with Crippen LogP contribution in [-0.4, -0.2) is 11.5 Å². The summed E-state index contributed by atoms with van der Waals surface area (Å²) in [7, 11) is 0. The molecule has 0 atom stereocenters. The van der Waals surface area contributed by atoms with Crippen LogP contribution in [0.15, 0.2) is 52.3 Å². The van der Waals surface area contributed by atoms with Crippen LogP contribution in [0.3, 0.4) is 0 Å². The number of nitrogens with zero attached hydrogens (tertiary/aromatic N) is 2. The van der Waals surface area contributed by atoms with Crippen LogP contribution in [0, 0.1) is 6.92 Å². The maximum atomic E-state index is 5.81. The molecule has 0 unspecified atom stereocenters. The van der Waals surface area contributed by atoms with E-state index in [0.29, 0.717) is 0 Å². The highest BCUT2D eigenvalue weighted by molar-refractivity contribution is 7.13. The summed E-state index contributed by atoms with van der Waals surface area (Å²) in [5.74, 6) is 1.62. The molecule has 4 heteroatoms. The first-order valence-electron chi connectivity index (χ1n) is 7.08. The molecule has 0 bridgehead atoms. The van der Waals surface area contributed by atoms with Gasteiger partial charge in [-0.1, -0.05) is 24.3 Å². The molecule has 0 saturated carbocycles. The fourth-order valence-electron chi connectivity index (χ4n) is 2.29. The van der Waals surface area contributed by atoms with E-state index in [9.17, 15) is 0 Å². The number of oxazole rings is 1. The Bertz CT molecular complexity index is 689. The predicted molar refractivity (Wildman–Crippen MR) is 87.7 cm³/mol. The van der Waals surface area contributed by atoms with Gasteiger partial charge in [0.1, 0.15) is 11.5 Å². The van der Waals surface area contributed by atoms with Crippen LogP contribution >= 0.6 is 11.3 Å². The fraction of sp³-hybridized carbons (Fsp3) is 0.235. The van der Waals surface area contributed by atoms with Gasteiger partial charge in [0.15, 0.2) is 0 Å². The van der Waals surface area contributed by atoms with Gasteiger partial charge < -0.3 is 9.32 Å². The number of para-hydroxylation sites is 1. The number of benzene rings is 1. The fourth-order valence-corrected chi connectivity index (χ4v) is 2.93. The molecule has 21 heavy (non-hydrogen) atoms. The first-order chi connectivity index (χ1) is 10.3. The maximum absolute atomic E-state index is 5.81. The molecule has 0 radical (unpaired) electrons. The van der Waals surface area contributed by atoms with Crippen molar-refractivity contribution in [2.75, 3.05) is 11.4 Å². The van der Waals surface area contributed by atoms with Crippen molar-refractivity contribution >= 4 is 17.0 Å². The van der Waals surface area contributed by atoms with Crippen molar-refractivity contribution < 1.29 is 4.42 Å². The van der Waals surface area contributed by atoms with E-state index in [1.165, 1.54) is 5.69 Å². The molecular weight excluding hydrogens is 280 g/mol. The van der Waals surface area contributed by atoms with Crippen molar-refractivity contribution in [3.05, 3.63) is 59.3 Å². The highest BCUT2D eigenvalue weighted by Crippen LogP contribution is 2.27. The van der Waals surface area contributed by atoms with Crippen LogP contribution < -0.4 is 4.90 Å². The monoisotopic (exact) mass is 298 g/mol. The highest BCUT2D eigenvalue weighted by atomic mass is 32.1. The second-order valence-corrected chi connectivity index (χ2v) is 5.80. The molecule has 2 aromatic heterocycles. The minimum Gasteiger partial charge on any atom is -0.440 e. The highest BCUT2D eigenvalue weighted by Gasteiger charge is 2.15. The van der Waals surface area contributed by atoms with Crippen LogP contribution in [0.2, 0.25) is 0 Å². The standard InChI is InChI=1S/C17H18N2OS/c1-3-19(14-8-5-4-6-9-14)12-15-13(2)20-17(18-15)16-10-7-11-21-16/h4-11H,3,12H2,1-2H3. The number of aryl methyl sites for hydroxylation is 1. The molecule has 0 saturated heterocycles. The first-order valence-corrected chi connectivity index (χ1v) is 7.96. The predicted octanol–water partition coefficient (Wildman–Crippen LogP) is 4.74. The van der Waals surface area contributed by atoms with Crippen molar-refractivity contribution in [2.45, 2.75) is 20.4 Å².